The molecule has 0 aliphatic carbocycles. The fourth-order valence-corrected chi connectivity index (χ4v) is 2.81. The Labute approximate surface area is 149 Å². The van der Waals surface area contributed by atoms with E-state index in [4.69, 9.17) is 4.74 Å². The fraction of sp³-hybridized carbons (Fsp3) is 0.375. The second-order valence-corrected chi connectivity index (χ2v) is 5.92. The molecule has 0 atom stereocenters. The summed E-state index contributed by atoms with van der Waals surface area (Å²) >= 11 is 1.27. The number of methoxy groups -OCH3 is 2. The highest BCUT2D eigenvalue weighted by atomic mass is 32.2. The van der Waals surface area contributed by atoms with Crippen LogP contribution in [0.1, 0.15) is 12.8 Å². The van der Waals surface area contributed by atoms with Gasteiger partial charge in [0, 0.05) is 13.0 Å². The maximum Gasteiger partial charge on any atom is 0.305 e. The Balaban J connectivity index is 1.87. The van der Waals surface area contributed by atoms with Crippen molar-refractivity contribution in [3.05, 3.63) is 30.6 Å². The number of carbonyl (C=O) groups is 2. The maximum absolute atomic E-state index is 11.9. The topological polar surface area (TPSA) is 95.3 Å². The molecule has 0 bridgehead atoms. The van der Waals surface area contributed by atoms with Gasteiger partial charge in [0.25, 0.3) is 0 Å². The molecule has 1 aromatic carbocycles. The van der Waals surface area contributed by atoms with Gasteiger partial charge in [0.05, 0.1) is 25.7 Å². The normalized spacial score (nSPS) is 10.3. The van der Waals surface area contributed by atoms with Crippen molar-refractivity contribution >= 4 is 23.6 Å². The van der Waals surface area contributed by atoms with Gasteiger partial charge in [0.1, 0.15) is 12.1 Å². The van der Waals surface area contributed by atoms with E-state index in [0.29, 0.717) is 23.9 Å². The number of para-hydroxylation sites is 2. The van der Waals surface area contributed by atoms with Crippen LogP contribution in [0.3, 0.4) is 0 Å². The van der Waals surface area contributed by atoms with Gasteiger partial charge in [-0.3, -0.25) is 14.2 Å². The van der Waals surface area contributed by atoms with Gasteiger partial charge in [-0.1, -0.05) is 23.9 Å². The van der Waals surface area contributed by atoms with Gasteiger partial charge in [0.2, 0.25) is 5.91 Å². The third-order valence-electron chi connectivity index (χ3n) is 3.30. The van der Waals surface area contributed by atoms with Crippen molar-refractivity contribution in [2.75, 3.05) is 26.5 Å². The molecule has 0 aliphatic heterocycles. The van der Waals surface area contributed by atoms with E-state index in [2.05, 4.69) is 20.3 Å². The number of ether oxygens (including phenoxy) is 2. The molecule has 0 saturated carbocycles. The first kappa shape index (κ1) is 18.8. The van der Waals surface area contributed by atoms with Gasteiger partial charge >= 0.3 is 5.97 Å². The molecular formula is C16H20N4O4S. The van der Waals surface area contributed by atoms with Crippen LogP contribution in [0.15, 0.2) is 35.7 Å². The molecule has 2 aromatic rings. The summed E-state index contributed by atoms with van der Waals surface area (Å²) in [5.41, 5.74) is 0.802. The molecule has 1 N–H and O–H groups in total. The first-order valence-electron chi connectivity index (χ1n) is 7.65. The predicted molar refractivity (Wildman–Crippen MR) is 92.9 cm³/mol. The lowest BCUT2D eigenvalue weighted by atomic mass is 10.3. The number of amides is 1. The molecule has 8 nitrogen and oxygen atoms in total. The number of carbonyl (C=O) groups excluding carboxylic acids is 2. The lowest BCUT2D eigenvalue weighted by Gasteiger charge is -2.10. The van der Waals surface area contributed by atoms with Gasteiger partial charge in [-0.25, -0.2) is 0 Å². The minimum absolute atomic E-state index is 0.135. The monoisotopic (exact) mass is 364 g/mol. The summed E-state index contributed by atoms with van der Waals surface area (Å²) in [4.78, 5) is 22.9. The quantitative estimate of drug-likeness (QED) is 0.409. The second-order valence-electron chi connectivity index (χ2n) is 4.97. The standard InChI is InChI=1S/C16H20N4O4S/c1-23-13-7-4-3-6-12(13)20-11-18-19-16(20)25-10-14(21)17-9-5-8-15(22)24-2/h3-4,6-7,11H,5,8-10H2,1-2H3,(H,17,21). The molecule has 2 rings (SSSR count). The molecule has 9 heteroatoms. The SMILES string of the molecule is COC(=O)CCCNC(=O)CSc1nncn1-c1ccccc1OC. The Morgan fingerprint density at radius 1 is 1.28 bits per heavy atom. The molecule has 0 unspecified atom stereocenters. The Bertz CT molecular complexity index is 720. The van der Waals surface area contributed by atoms with Crippen molar-refractivity contribution in [1.29, 1.82) is 0 Å². The van der Waals surface area contributed by atoms with Crippen molar-refractivity contribution in [3.8, 4) is 11.4 Å². The molecule has 25 heavy (non-hydrogen) atoms. The van der Waals surface area contributed by atoms with E-state index in [9.17, 15) is 9.59 Å². The van der Waals surface area contributed by atoms with Crippen molar-refractivity contribution in [1.82, 2.24) is 20.1 Å². The summed E-state index contributed by atoms with van der Waals surface area (Å²) < 4.78 is 11.7. The van der Waals surface area contributed by atoms with Crippen LogP contribution in [0, 0.1) is 0 Å². The summed E-state index contributed by atoms with van der Waals surface area (Å²) in [7, 11) is 2.94. The van der Waals surface area contributed by atoms with E-state index in [0.717, 1.165) is 5.69 Å². The minimum atomic E-state index is -0.284. The molecule has 1 heterocycles. The number of benzene rings is 1. The molecule has 0 spiro atoms. The van der Waals surface area contributed by atoms with Crippen LogP contribution in [0.5, 0.6) is 5.75 Å². The van der Waals surface area contributed by atoms with Crippen LogP contribution in [-0.2, 0) is 14.3 Å². The summed E-state index contributed by atoms with van der Waals surface area (Å²) in [5, 5.41) is 11.3. The van der Waals surface area contributed by atoms with Crippen LogP contribution in [-0.4, -0.2) is 53.2 Å². The molecule has 0 fully saturated rings. The number of thioether (sulfide) groups is 1. The first-order valence-corrected chi connectivity index (χ1v) is 8.64. The highest BCUT2D eigenvalue weighted by Gasteiger charge is 2.13. The zero-order chi connectivity index (χ0) is 18.1. The zero-order valence-corrected chi connectivity index (χ0v) is 14.9. The molecule has 0 radical (unpaired) electrons. The van der Waals surface area contributed by atoms with Crippen LogP contribution in [0.2, 0.25) is 0 Å². The number of nitrogens with zero attached hydrogens (tertiary/aromatic N) is 3. The molecule has 0 saturated heterocycles. The van der Waals surface area contributed by atoms with Crippen LogP contribution < -0.4 is 10.1 Å². The van der Waals surface area contributed by atoms with Crippen molar-refractivity contribution < 1.29 is 19.1 Å². The average Bonchev–Trinajstić information content (AvgIpc) is 3.11. The summed E-state index contributed by atoms with van der Waals surface area (Å²) in [6.45, 7) is 0.424. The Hall–Kier alpha value is -2.55. The van der Waals surface area contributed by atoms with Crippen molar-refractivity contribution in [3.63, 3.8) is 0 Å². The smallest absolute Gasteiger partial charge is 0.305 e. The number of aromatic nitrogens is 3. The molecule has 0 aliphatic rings. The van der Waals surface area contributed by atoms with E-state index in [1.54, 1.807) is 18.0 Å². The van der Waals surface area contributed by atoms with Crippen LogP contribution >= 0.6 is 11.8 Å². The Morgan fingerprint density at radius 3 is 2.84 bits per heavy atom. The zero-order valence-electron chi connectivity index (χ0n) is 14.1. The second kappa shape index (κ2) is 9.67. The molecule has 1 amide bonds. The third kappa shape index (κ3) is 5.49. The van der Waals surface area contributed by atoms with E-state index in [1.165, 1.54) is 18.9 Å². The van der Waals surface area contributed by atoms with Gasteiger partial charge in [-0.05, 0) is 18.6 Å². The third-order valence-corrected chi connectivity index (χ3v) is 4.24. The van der Waals surface area contributed by atoms with Gasteiger partial charge in [-0.15, -0.1) is 10.2 Å². The van der Waals surface area contributed by atoms with Crippen molar-refractivity contribution in [2.45, 2.75) is 18.0 Å². The number of hydrogen-bond acceptors (Lipinski definition) is 7. The van der Waals surface area contributed by atoms with E-state index < -0.39 is 0 Å². The lowest BCUT2D eigenvalue weighted by molar-refractivity contribution is -0.140. The Morgan fingerprint density at radius 2 is 2.08 bits per heavy atom. The number of rotatable bonds is 9. The number of esters is 1. The maximum atomic E-state index is 11.9. The number of hydrogen-bond donors (Lipinski definition) is 1. The van der Waals surface area contributed by atoms with Gasteiger partial charge in [0.15, 0.2) is 5.16 Å². The minimum Gasteiger partial charge on any atom is -0.495 e. The average molecular weight is 364 g/mol. The van der Waals surface area contributed by atoms with Crippen LogP contribution in [0.4, 0.5) is 0 Å². The molecule has 1 aromatic heterocycles. The van der Waals surface area contributed by atoms with Crippen molar-refractivity contribution in [2.24, 2.45) is 0 Å². The van der Waals surface area contributed by atoms with E-state index in [-0.39, 0.29) is 24.1 Å². The Kier molecular flexibility index (Phi) is 7.27. The number of nitrogens with one attached hydrogen (secondary N) is 1. The molecular weight excluding hydrogens is 344 g/mol. The lowest BCUT2D eigenvalue weighted by Crippen LogP contribution is -2.26. The molecule has 134 valence electrons. The fourth-order valence-electron chi connectivity index (χ4n) is 2.06. The van der Waals surface area contributed by atoms with E-state index in [1.807, 2.05) is 24.3 Å². The largest absolute Gasteiger partial charge is 0.495 e. The van der Waals surface area contributed by atoms with Gasteiger partial charge in [-0.2, -0.15) is 0 Å². The predicted octanol–water partition coefficient (Wildman–Crippen LogP) is 1.44. The first-order chi connectivity index (χ1) is 12.2. The highest BCUT2D eigenvalue weighted by Crippen LogP contribution is 2.26. The van der Waals surface area contributed by atoms with E-state index >= 15 is 0 Å². The summed E-state index contributed by atoms with van der Waals surface area (Å²) in [6, 6.07) is 7.50. The van der Waals surface area contributed by atoms with Crippen LogP contribution in [0.25, 0.3) is 5.69 Å². The summed E-state index contributed by atoms with van der Waals surface area (Å²) in [6.07, 6.45) is 2.40. The highest BCUT2D eigenvalue weighted by molar-refractivity contribution is 7.99. The van der Waals surface area contributed by atoms with Gasteiger partial charge < -0.3 is 14.8 Å². The summed E-state index contributed by atoms with van der Waals surface area (Å²) in [5.74, 6) is 0.473.